The third-order valence-corrected chi connectivity index (χ3v) is 8.95. The first-order valence-electron chi connectivity index (χ1n) is 12.3. The van der Waals surface area contributed by atoms with Crippen LogP contribution in [0.25, 0.3) is 0 Å². The van der Waals surface area contributed by atoms with E-state index in [-0.39, 0.29) is 35.7 Å². The van der Waals surface area contributed by atoms with Gasteiger partial charge >= 0.3 is 0 Å². The highest BCUT2D eigenvalue weighted by Crippen LogP contribution is 2.61. The number of ether oxygens (including phenoxy) is 1. The number of anilines is 1. The minimum atomic E-state index is -1.24. The summed E-state index contributed by atoms with van der Waals surface area (Å²) in [6.45, 7) is 11.2. The molecule has 1 N–H and O–H groups in total. The Labute approximate surface area is 231 Å². The number of aryl methyl sites for hydroxylation is 1. The van der Waals surface area contributed by atoms with Gasteiger partial charge in [0.05, 0.1) is 41.3 Å². The molecule has 0 aromatic heterocycles. The van der Waals surface area contributed by atoms with Gasteiger partial charge in [-0.3, -0.25) is 14.4 Å². The topological polar surface area (TPSA) is 90.4 Å². The number of nitrogens with zero attached hydrogens (tertiary/aromatic N) is 3. The largest absolute Gasteiger partial charge is 0.394 e. The Morgan fingerprint density at radius 2 is 2.00 bits per heavy atom. The number of hydrogen-bond donors (Lipinski definition) is 1. The van der Waals surface area contributed by atoms with E-state index in [1.807, 2.05) is 13.0 Å². The summed E-state index contributed by atoms with van der Waals surface area (Å²) in [5.41, 5.74) is 0.0802. The number of carbonyl (C=O) groups excluding carboxylic acids is 3. The fourth-order valence-corrected chi connectivity index (χ4v) is 7.53. The zero-order valence-corrected chi connectivity index (χ0v) is 23.6. The van der Waals surface area contributed by atoms with E-state index in [1.165, 1.54) is 14.7 Å². The van der Waals surface area contributed by atoms with E-state index in [4.69, 9.17) is 16.3 Å². The van der Waals surface area contributed by atoms with Crippen molar-refractivity contribution in [1.29, 1.82) is 0 Å². The number of benzene rings is 1. The third-order valence-electron chi connectivity index (χ3n) is 7.80. The number of fused-ring (bicyclic) bond motifs is 1. The van der Waals surface area contributed by atoms with Gasteiger partial charge < -0.3 is 24.5 Å². The average Bonchev–Trinajstić information content (AvgIpc) is 3.45. The van der Waals surface area contributed by atoms with Crippen LogP contribution in [0.15, 0.2) is 43.5 Å². The van der Waals surface area contributed by atoms with Crippen LogP contribution in [0.4, 0.5) is 5.69 Å². The number of likely N-dealkylation sites (N-methyl/N-ethyl adjacent to an activating group) is 1. The zero-order valence-electron chi connectivity index (χ0n) is 21.3. The van der Waals surface area contributed by atoms with Crippen molar-refractivity contribution in [2.75, 3.05) is 31.6 Å². The molecule has 0 radical (unpaired) electrons. The lowest BCUT2D eigenvalue weighted by molar-refractivity contribution is -0.146. The highest BCUT2D eigenvalue weighted by Gasteiger charge is 2.77. The number of carbonyl (C=O) groups is 3. The van der Waals surface area contributed by atoms with Gasteiger partial charge in [0.15, 0.2) is 0 Å². The lowest BCUT2D eigenvalue weighted by Gasteiger charge is -2.39. The van der Waals surface area contributed by atoms with Crippen LogP contribution in [0.2, 0.25) is 5.02 Å². The minimum Gasteiger partial charge on any atom is -0.394 e. The second kappa shape index (κ2) is 10.5. The van der Waals surface area contributed by atoms with E-state index >= 15 is 0 Å². The van der Waals surface area contributed by atoms with Gasteiger partial charge in [0.2, 0.25) is 11.8 Å². The lowest BCUT2D eigenvalue weighted by Crippen LogP contribution is -2.59. The summed E-state index contributed by atoms with van der Waals surface area (Å²) in [6.07, 6.45) is 3.03. The van der Waals surface area contributed by atoms with Gasteiger partial charge in [0.1, 0.15) is 11.6 Å². The SMILES string of the molecule is C=CCN(C)C(=O)[C@H]1[C@@H]2OC3(CC2Br)C(C(=O)N(CC=C)c2c(C)cccc2Cl)N([C@H](C)CO)C(=O)[C@H]13. The van der Waals surface area contributed by atoms with E-state index in [0.717, 1.165) is 5.56 Å². The summed E-state index contributed by atoms with van der Waals surface area (Å²) in [5.74, 6) is -2.60. The van der Waals surface area contributed by atoms with Crippen LogP contribution in [0, 0.1) is 18.8 Å². The monoisotopic (exact) mass is 593 g/mol. The molecule has 3 aliphatic rings. The maximum absolute atomic E-state index is 14.5. The van der Waals surface area contributed by atoms with Crippen molar-refractivity contribution in [2.45, 2.75) is 48.9 Å². The summed E-state index contributed by atoms with van der Waals surface area (Å²) in [7, 11) is 1.66. The quantitative estimate of drug-likeness (QED) is 0.351. The maximum Gasteiger partial charge on any atom is 0.253 e. The molecule has 0 saturated carbocycles. The van der Waals surface area contributed by atoms with Crippen LogP contribution in [0.3, 0.4) is 0 Å². The molecule has 4 rings (SSSR count). The number of aliphatic hydroxyl groups is 1. The Hall–Kier alpha value is -2.20. The standard InChI is InChI=1S/C27H33BrClN3O5/c1-6-11-30(5)24(34)19-20-25(35)32(16(4)14-33)23(27(20)13-17(28)22(19)37-27)26(36)31(12-7-2)21-15(3)9-8-10-18(21)29/h6-10,16-17,19-20,22-23,33H,1-2,11-14H2,3-5H3/t16-,17?,19-,20+,22-,23?,27?/m1/s1. The van der Waals surface area contributed by atoms with Gasteiger partial charge in [-0.2, -0.15) is 0 Å². The Bertz CT molecular complexity index is 1110. The van der Waals surface area contributed by atoms with E-state index in [9.17, 15) is 19.5 Å². The highest BCUT2D eigenvalue weighted by atomic mass is 79.9. The van der Waals surface area contributed by atoms with Gasteiger partial charge in [0, 0.05) is 25.0 Å². The molecule has 3 unspecified atom stereocenters. The number of para-hydroxylation sites is 1. The first-order valence-corrected chi connectivity index (χ1v) is 13.6. The maximum atomic E-state index is 14.5. The van der Waals surface area contributed by atoms with Crippen LogP contribution < -0.4 is 4.90 Å². The van der Waals surface area contributed by atoms with Crippen LogP contribution >= 0.6 is 27.5 Å². The second-order valence-corrected chi connectivity index (χ2v) is 11.7. The van der Waals surface area contributed by atoms with Crippen LogP contribution in [0.1, 0.15) is 18.9 Å². The summed E-state index contributed by atoms with van der Waals surface area (Å²) in [6, 6.07) is 3.64. The highest BCUT2D eigenvalue weighted by molar-refractivity contribution is 9.09. The lowest BCUT2D eigenvalue weighted by atomic mass is 9.70. The molecule has 3 saturated heterocycles. The molecule has 3 heterocycles. The van der Waals surface area contributed by atoms with Crippen molar-refractivity contribution in [2.24, 2.45) is 11.8 Å². The van der Waals surface area contributed by atoms with E-state index in [1.54, 1.807) is 38.3 Å². The number of amides is 3. The van der Waals surface area contributed by atoms with Crippen molar-refractivity contribution in [3.8, 4) is 0 Å². The predicted molar refractivity (Wildman–Crippen MR) is 146 cm³/mol. The van der Waals surface area contributed by atoms with Gasteiger partial charge in [-0.05, 0) is 31.9 Å². The molecule has 37 heavy (non-hydrogen) atoms. The van der Waals surface area contributed by atoms with Crippen LogP contribution in [-0.2, 0) is 19.1 Å². The molecule has 1 aromatic rings. The molecule has 200 valence electrons. The molecule has 7 atom stereocenters. The molecule has 2 bridgehead atoms. The molecule has 1 aromatic carbocycles. The van der Waals surface area contributed by atoms with Crippen molar-refractivity contribution in [3.63, 3.8) is 0 Å². The second-order valence-electron chi connectivity index (χ2n) is 10.1. The first-order chi connectivity index (χ1) is 17.5. The Kier molecular flexibility index (Phi) is 7.91. The van der Waals surface area contributed by atoms with Crippen LogP contribution in [0.5, 0.6) is 0 Å². The number of hydrogen-bond acceptors (Lipinski definition) is 5. The smallest absolute Gasteiger partial charge is 0.253 e. The summed E-state index contributed by atoms with van der Waals surface area (Å²) in [5, 5.41) is 10.5. The molecule has 3 fully saturated rings. The molecular weight excluding hydrogens is 562 g/mol. The van der Waals surface area contributed by atoms with Gasteiger partial charge in [-0.25, -0.2) is 0 Å². The van der Waals surface area contributed by atoms with E-state index in [2.05, 4.69) is 29.1 Å². The Morgan fingerprint density at radius 3 is 2.59 bits per heavy atom. The predicted octanol–water partition coefficient (Wildman–Crippen LogP) is 2.94. The molecular formula is C27H33BrClN3O5. The molecule has 10 heteroatoms. The number of likely N-dealkylation sites (tertiary alicyclic amines) is 1. The van der Waals surface area contributed by atoms with Crippen molar-refractivity contribution in [3.05, 3.63) is 54.1 Å². The van der Waals surface area contributed by atoms with E-state index in [0.29, 0.717) is 23.7 Å². The van der Waals surface area contributed by atoms with Gasteiger partial charge in [0.25, 0.3) is 5.91 Å². The number of rotatable bonds is 9. The molecule has 8 nitrogen and oxygen atoms in total. The minimum absolute atomic E-state index is 0.155. The number of aliphatic hydroxyl groups excluding tert-OH is 1. The van der Waals surface area contributed by atoms with E-state index < -0.39 is 35.6 Å². The fraction of sp³-hybridized carbons (Fsp3) is 0.519. The molecule has 1 spiro atoms. The van der Waals surface area contributed by atoms with Crippen molar-refractivity contribution >= 4 is 50.9 Å². The molecule has 3 aliphatic heterocycles. The Morgan fingerprint density at radius 1 is 1.32 bits per heavy atom. The zero-order chi connectivity index (χ0) is 27.2. The summed E-state index contributed by atoms with van der Waals surface area (Å²) >= 11 is 10.2. The average molecular weight is 595 g/mol. The molecule has 3 amide bonds. The number of alkyl halides is 1. The van der Waals surface area contributed by atoms with Gasteiger partial charge in [-0.1, -0.05) is 51.8 Å². The summed E-state index contributed by atoms with van der Waals surface area (Å²) < 4.78 is 6.54. The Balaban J connectivity index is 1.85. The number of halogens is 2. The summed E-state index contributed by atoms with van der Waals surface area (Å²) in [4.78, 5) is 46.4. The molecule has 0 aliphatic carbocycles. The normalized spacial score (nSPS) is 30.7. The van der Waals surface area contributed by atoms with Crippen molar-refractivity contribution in [1.82, 2.24) is 9.80 Å². The third kappa shape index (κ3) is 4.24. The van der Waals surface area contributed by atoms with Gasteiger partial charge in [-0.15, -0.1) is 13.2 Å². The van der Waals surface area contributed by atoms with Crippen molar-refractivity contribution < 1.29 is 24.2 Å². The first kappa shape index (κ1) is 27.8. The fourth-order valence-electron chi connectivity index (χ4n) is 6.26. The van der Waals surface area contributed by atoms with Crippen LogP contribution in [-0.4, -0.2) is 88.0 Å².